The first kappa shape index (κ1) is 28.4. The summed E-state index contributed by atoms with van der Waals surface area (Å²) in [7, 11) is 0. The fourth-order valence-electron chi connectivity index (χ4n) is 5.49. The van der Waals surface area contributed by atoms with Crippen LogP contribution in [0.15, 0.2) is 54.9 Å². The molecule has 12 heteroatoms. The molecule has 41 heavy (non-hydrogen) atoms. The summed E-state index contributed by atoms with van der Waals surface area (Å²) in [5, 5.41) is 17.7. The van der Waals surface area contributed by atoms with Gasteiger partial charge in [-0.25, -0.2) is 9.97 Å². The van der Waals surface area contributed by atoms with E-state index in [-0.39, 0.29) is 23.9 Å². The second-order valence-corrected chi connectivity index (χ2v) is 10.6. The molecule has 2 aromatic carbocycles. The number of nitro groups is 1. The summed E-state index contributed by atoms with van der Waals surface area (Å²) >= 11 is 0. The zero-order chi connectivity index (χ0) is 29.0. The van der Waals surface area contributed by atoms with E-state index < -0.39 is 16.7 Å². The van der Waals surface area contributed by atoms with Gasteiger partial charge in [0.1, 0.15) is 18.2 Å². The van der Waals surface area contributed by atoms with Crippen molar-refractivity contribution in [3.8, 4) is 5.88 Å². The van der Waals surface area contributed by atoms with Crippen molar-refractivity contribution in [3.63, 3.8) is 0 Å². The van der Waals surface area contributed by atoms with Crippen molar-refractivity contribution in [1.29, 1.82) is 0 Å². The van der Waals surface area contributed by atoms with Gasteiger partial charge in [0, 0.05) is 48.7 Å². The van der Waals surface area contributed by atoms with E-state index in [0.717, 1.165) is 80.8 Å². The first-order valence-corrected chi connectivity index (χ1v) is 13.8. The van der Waals surface area contributed by atoms with Gasteiger partial charge >= 0.3 is 6.18 Å². The normalized spacial score (nSPS) is 20.0. The van der Waals surface area contributed by atoms with Crippen LogP contribution in [0.25, 0.3) is 0 Å². The van der Waals surface area contributed by atoms with Crippen LogP contribution in [0.3, 0.4) is 0 Å². The van der Waals surface area contributed by atoms with E-state index in [1.165, 1.54) is 30.6 Å². The van der Waals surface area contributed by atoms with Crippen LogP contribution in [0.4, 0.5) is 36.1 Å². The molecule has 1 saturated carbocycles. The first-order chi connectivity index (χ1) is 19.7. The van der Waals surface area contributed by atoms with Crippen molar-refractivity contribution in [2.75, 3.05) is 28.6 Å². The number of aromatic nitrogens is 2. The van der Waals surface area contributed by atoms with Gasteiger partial charge in [0.05, 0.1) is 16.1 Å². The molecule has 1 saturated heterocycles. The highest BCUT2D eigenvalue weighted by Gasteiger charge is 2.30. The third-order valence-corrected chi connectivity index (χ3v) is 7.79. The van der Waals surface area contributed by atoms with Crippen LogP contribution in [-0.2, 0) is 6.18 Å². The van der Waals surface area contributed by atoms with Crippen LogP contribution in [0, 0.1) is 17.0 Å². The minimum absolute atomic E-state index is 0.0463. The molecule has 5 rings (SSSR count). The second kappa shape index (κ2) is 12.2. The molecule has 2 aliphatic rings. The predicted octanol–water partition coefficient (Wildman–Crippen LogP) is 6.60. The highest BCUT2D eigenvalue weighted by atomic mass is 19.4. The number of hydrogen-bond donors (Lipinski definition) is 2. The molecule has 218 valence electrons. The monoisotopic (exact) mass is 570 g/mol. The largest absolute Gasteiger partial charge is 0.474 e. The lowest BCUT2D eigenvalue weighted by Gasteiger charge is -2.35. The van der Waals surface area contributed by atoms with E-state index in [2.05, 4.69) is 25.5 Å². The van der Waals surface area contributed by atoms with Gasteiger partial charge in [-0.05, 0) is 81.8 Å². The Morgan fingerprint density at radius 3 is 2.00 bits per heavy atom. The minimum Gasteiger partial charge on any atom is -0.474 e. The number of nitrogens with one attached hydrogen (secondary N) is 2. The number of rotatable bonds is 8. The third kappa shape index (κ3) is 7.17. The molecule has 2 fully saturated rings. The molecule has 1 aliphatic heterocycles. The number of piperidine rings is 1. The number of hydrogen-bond acceptors (Lipinski definition) is 8. The number of anilines is 3. The predicted molar refractivity (Wildman–Crippen MR) is 150 cm³/mol. The zero-order valence-electron chi connectivity index (χ0n) is 22.7. The number of halogens is 3. The number of alkyl halides is 3. The molecule has 0 spiro atoms. The Bertz CT molecular complexity index is 1320. The molecule has 2 heterocycles. The lowest BCUT2D eigenvalue weighted by molar-refractivity contribution is -0.384. The highest BCUT2D eigenvalue weighted by Crippen LogP contribution is 2.32. The van der Waals surface area contributed by atoms with Crippen molar-refractivity contribution in [2.24, 2.45) is 0 Å². The fourth-order valence-corrected chi connectivity index (χ4v) is 5.49. The van der Waals surface area contributed by atoms with Crippen molar-refractivity contribution in [3.05, 3.63) is 76.1 Å². The van der Waals surface area contributed by atoms with Crippen LogP contribution in [0.1, 0.15) is 49.7 Å². The van der Waals surface area contributed by atoms with Gasteiger partial charge in [0.15, 0.2) is 0 Å². The van der Waals surface area contributed by atoms with E-state index in [9.17, 15) is 23.3 Å². The molecule has 0 radical (unpaired) electrons. The van der Waals surface area contributed by atoms with E-state index in [4.69, 9.17) is 4.74 Å². The van der Waals surface area contributed by atoms with Crippen LogP contribution >= 0.6 is 0 Å². The lowest BCUT2D eigenvalue weighted by Crippen LogP contribution is -2.40. The maximum absolute atomic E-state index is 12.8. The second-order valence-electron chi connectivity index (χ2n) is 10.6. The molecule has 0 amide bonds. The molecule has 2 N–H and O–H groups in total. The maximum Gasteiger partial charge on any atom is 0.416 e. The highest BCUT2D eigenvalue weighted by molar-refractivity contribution is 5.52. The molecular weight excluding hydrogens is 537 g/mol. The average Bonchev–Trinajstić information content (AvgIpc) is 2.96. The van der Waals surface area contributed by atoms with Gasteiger partial charge in [-0.3, -0.25) is 10.1 Å². The molecule has 3 aromatic rings. The summed E-state index contributed by atoms with van der Waals surface area (Å²) in [5.74, 6) is 1.43. The zero-order valence-corrected chi connectivity index (χ0v) is 22.7. The van der Waals surface area contributed by atoms with Crippen LogP contribution < -0.4 is 20.3 Å². The van der Waals surface area contributed by atoms with Crippen molar-refractivity contribution >= 4 is 22.9 Å². The third-order valence-electron chi connectivity index (χ3n) is 7.79. The van der Waals surface area contributed by atoms with Crippen LogP contribution in [0.5, 0.6) is 5.88 Å². The Balaban J connectivity index is 1.10. The molecule has 0 bridgehead atoms. The number of ether oxygens (including phenoxy) is 1. The quantitative estimate of drug-likeness (QED) is 0.231. The Hall–Kier alpha value is -4.09. The Labute approximate surface area is 236 Å². The van der Waals surface area contributed by atoms with Crippen LogP contribution in [0.2, 0.25) is 0 Å². The summed E-state index contributed by atoms with van der Waals surface area (Å²) in [6.07, 6.45) is 2.45. The van der Waals surface area contributed by atoms with Gasteiger partial charge in [-0.1, -0.05) is 0 Å². The van der Waals surface area contributed by atoms with Gasteiger partial charge in [-0.2, -0.15) is 13.2 Å². The summed E-state index contributed by atoms with van der Waals surface area (Å²) in [6.45, 7) is 3.49. The van der Waals surface area contributed by atoms with Crippen molar-refractivity contribution in [2.45, 2.75) is 69.8 Å². The van der Waals surface area contributed by atoms with E-state index in [1.54, 1.807) is 12.1 Å². The Morgan fingerprint density at radius 1 is 0.878 bits per heavy atom. The molecule has 1 aliphatic carbocycles. The molecular formula is C29H33F3N6O3. The maximum atomic E-state index is 12.8. The molecule has 9 nitrogen and oxygen atoms in total. The topological polar surface area (TPSA) is 105 Å². The molecule has 0 unspecified atom stereocenters. The van der Waals surface area contributed by atoms with Crippen LogP contribution in [-0.4, -0.2) is 46.2 Å². The summed E-state index contributed by atoms with van der Waals surface area (Å²) < 4.78 is 44.8. The molecule has 1 aromatic heterocycles. The van der Waals surface area contributed by atoms with Gasteiger partial charge in [0.2, 0.25) is 5.88 Å². The fraction of sp³-hybridized carbons (Fsp3) is 0.448. The molecule has 0 atom stereocenters. The van der Waals surface area contributed by atoms with Gasteiger partial charge in [0.25, 0.3) is 5.69 Å². The van der Waals surface area contributed by atoms with E-state index >= 15 is 0 Å². The Kier molecular flexibility index (Phi) is 8.46. The van der Waals surface area contributed by atoms with Crippen molar-refractivity contribution in [1.82, 2.24) is 9.97 Å². The smallest absolute Gasteiger partial charge is 0.416 e. The summed E-state index contributed by atoms with van der Waals surface area (Å²) in [5.41, 5.74) is 1.87. The van der Waals surface area contributed by atoms with Gasteiger partial charge in [-0.15, -0.1) is 0 Å². The van der Waals surface area contributed by atoms with E-state index in [0.29, 0.717) is 11.6 Å². The van der Waals surface area contributed by atoms with E-state index in [1.807, 2.05) is 6.92 Å². The SMILES string of the molecule is Cc1c(OC2CCC(Nc3ccc([N+](=O)[O-])cc3)CC2)ncnc1N1CCC(Nc2ccc(C(F)(F)F)cc2)CC1. The number of nitrogens with zero attached hydrogens (tertiary/aromatic N) is 4. The van der Waals surface area contributed by atoms with Crippen molar-refractivity contribution < 1.29 is 22.8 Å². The average molecular weight is 571 g/mol. The number of benzene rings is 2. The number of nitro benzene ring substituents is 1. The minimum atomic E-state index is -4.34. The first-order valence-electron chi connectivity index (χ1n) is 13.8. The number of non-ortho nitro benzene ring substituents is 1. The Morgan fingerprint density at radius 2 is 1.44 bits per heavy atom. The summed E-state index contributed by atoms with van der Waals surface area (Å²) in [6, 6.07) is 12.1. The lowest BCUT2D eigenvalue weighted by atomic mass is 9.92. The summed E-state index contributed by atoms with van der Waals surface area (Å²) in [4.78, 5) is 21.6. The standard InChI is InChI=1S/C29H33F3N6O3/c1-19-27(37-16-14-24(15-17-37)36-21-4-2-20(3-5-21)29(30,31)32)33-18-34-28(19)41-26-12-8-23(9-13-26)35-22-6-10-25(11-7-22)38(39)40/h2-7,10-11,18,23-24,26,35-36H,8-9,12-17H2,1H3. The van der Waals surface area contributed by atoms with Gasteiger partial charge < -0.3 is 20.3 Å².